The number of aromatic nitrogens is 5. The predicted octanol–water partition coefficient (Wildman–Crippen LogP) is 3.82. The van der Waals surface area contributed by atoms with E-state index >= 15 is 0 Å². The van der Waals surface area contributed by atoms with Gasteiger partial charge < -0.3 is 28.7 Å². The van der Waals surface area contributed by atoms with Gasteiger partial charge in [-0.15, -0.1) is 10.2 Å². The van der Waals surface area contributed by atoms with Gasteiger partial charge in [0.05, 0.1) is 32.1 Å². The molecule has 2 aromatic carbocycles. The van der Waals surface area contributed by atoms with Crippen molar-refractivity contribution in [3.63, 3.8) is 0 Å². The zero-order valence-electron chi connectivity index (χ0n) is 21.3. The number of hydrogen-bond acceptors (Lipinski definition) is 9. The summed E-state index contributed by atoms with van der Waals surface area (Å²) in [5, 5.41) is 25.4. The number of aryl methyl sites for hydroxylation is 1. The molecule has 3 heterocycles. The summed E-state index contributed by atoms with van der Waals surface area (Å²) >= 11 is 6.46. The number of rotatable bonds is 9. The van der Waals surface area contributed by atoms with Gasteiger partial charge in [0.15, 0.2) is 11.5 Å². The van der Waals surface area contributed by atoms with E-state index in [9.17, 15) is 9.90 Å². The first-order chi connectivity index (χ1) is 18.9. The minimum absolute atomic E-state index is 0.157. The van der Waals surface area contributed by atoms with Crippen molar-refractivity contribution in [1.29, 1.82) is 0 Å². The lowest BCUT2D eigenvalue weighted by molar-refractivity contribution is -0.129. The summed E-state index contributed by atoms with van der Waals surface area (Å²) in [4.78, 5) is 17.4. The van der Waals surface area contributed by atoms with Gasteiger partial charge in [0.25, 0.3) is 0 Å². The standard InChI is InChI=1S/C26H25ClN6O6/c1-36-21-8-4-6-16(24(21)37-2)23-17-14-15(27)9-10-18(17)32-12-5-7-19(32)20(39-23)11-13-33-29-25(28-31-33)22(26(34)35)30-38-3/h4-10,12,14,20,23H,11,13H2,1-3H3,(H,34,35)/t20-,23-/m1/s1. The van der Waals surface area contributed by atoms with E-state index in [0.717, 1.165) is 22.5 Å². The van der Waals surface area contributed by atoms with Crippen molar-refractivity contribution in [3.05, 3.63) is 82.4 Å². The van der Waals surface area contributed by atoms with Gasteiger partial charge in [0.1, 0.15) is 19.3 Å². The van der Waals surface area contributed by atoms with Crippen LogP contribution in [-0.2, 0) is 20.9 Å². The molecular formula is C26H25ClN6O6. The van der Waals surface area contributed by atoms with Crippen molar-refractivity contribution in [2.75, 3.05) is 21.3 Å². The molecule has 1 N–H and O–H groups in total. The number of ether oxygens (including phenoxy) is 3. The number of para-hydroxylation sites is 1. The fourth-order valence-electron chi connectivity index (χ4n) is 4.65. The summed E-state index contributed by atoms with van der Waals surface area (Å²) in [7, 11) is 4.41. The maximum absolute atomic E-state index is 11.5. The lowest BCUT2D eigenvalue weighted by Gasteiger charge is -2.25. The molecule has 2 atom stereocenters. The Kier molecular flexibility index (Phi) is 7.48. The Bertz CT molecular complexity index is 1530. The summed E-state index contributed by atoms with van der Waals surface area (Å²) in [6.45, 7) is 0.280. The Morgan fingerprint density at radius 3 is 2.72 bits per heavy atom. The van der Waals surface area contributed by atoms with Crippen molar-refractivity contribution in [3.8, 4) is 17.2 Å². The maximum Gasteiger partial charge on any atom is 0.362 e. The molecule has 1 aliphatic heterocycles. The van der Waals surface area contributed by atoms with Crippen LogP contribution in [0.3, 0.4) is 0 Å². The van der Waals surface area contributed by atoms with Gasteiger partial charge in [0, 0.05) is 28.8 Å². The van der Waals surface area contributed by atoms with E-state index in [-0.39, 0.29) is 12.4 Å². The van der Waals surface area contributed by atoms with Crippen LogP contribution in [0.5, 0.6) is 11.5 Å². The first-order valence-corrected chi connectivity index (χ1v) is 12.3. The molecule has 2 aromatic heterocycles. The largest absolute Gasteiger partial charge is 0.493 e. The Morgan fingerprint density at radius 1 is 1.13 bits per heavy atom. The Labute approximate surface area is 228 Å². The van der Waals surface area contributed by atoms with E-state index < -0.39 is 23.9 Å². The molecule has 4 aromatic rings. The van der Waals surface area contributed by atoms with Crippen LogP contribution in [0.2, 0.25) is 5.02 Å². The second kappa shape index (κ2) is 11.1. The van der Waals surface area contributed by atoms with Gasteiger partial charge >= 0.3 is 5.97 Å². The molecule has 0 spiro atoms. The van der Waals surface area contributed by atoms with Crippen molar-refractivity contribution in [1.82, 2.24) is 24.8 Å². The molecule has 0 unspecified atom stereocenters. The number of carboxylic acid groups (broad SMARTS) is 1. The van der Waals surface area contributed by atoms with E-state index in [1.165, 1.54) is 11.9 Å². The normalized spacial score (nSPS) is 16.7. The van der Waals surface area contributed by atoms with Gasteiger partial charge in [0.2, 0.25) is 11.5 Å². The zero-order chi connectivity index (χ0) is 27.5. The number of benzene rings is 2. The highest BCUT2D eigenvalue weighted by Crippen LogP contribution is 2.46. The van der Waals surface area contributed by atoms with Gasteiger partial charge in [-0.05, 0) is 41.6 Å². The minimum Gasteiger partial charge on any atom is -0.493 e. The van der Waals surface area contributed by atoms with E-state index in [2.05, 4.69) is 30.0 Å². The number of carbonyl (C=O) groups is 1. The second-order valence-electron chi connectivity index (χ2n) is 8.52. The van der Waals surface area contributed by atoms with Crippen LogP contribution in [0.25, 0.3) is 5.69 Å². The number of halogens is 1. The SMILES string of the molecule is CON=C(C(=O)O)c1nnn(CC[C@H]2O[C@H](c3cccc(OC)c3OC)c3cc(Cl)ccc3-n3cccc32)n1. The van der Waals surface area contributed by atoms with Gasteiger partial charge in [-0.1, -0.05) is 28.9 Å². The number of hydrogen-bond donors (Lipinski definition) is 1. The molecule has 0 aliphatic carbocycles. The monoisotopic (exact) mass is 552 g/mol. The molecule has 12 nitrogen and oxygen atoms in total. The van der Waals surface area contributed by atoms with E-state index in [1.54, 1.807) is 14.2 Å². The number of oxime groups is 1. The number of carboxylic acids is 1. The molecule has 0 saturated heterocycles. The highest BCUT2D eigenvalue weighted by Gasteiger charge is 2.33. The van der Waals surface area contributed by atoms with Crippen LogP contribution in [0.4, 0.5) is 0 Å². The maximum atomic E-state index is 11.5. The molecule has 0 radical (unpaired) electrons. The number of fused-ring (bicyclic) bond motifs is 3. The Balaban J connectivity index is 1.53. The molecule has 39 heavy (non-hydrogen) atoms. The summed E-state index contributed by atoms with van der Waals surface area (Å²) in [6.07, 6.45) is 1.43. The predicted molar refractivity (Wildman–Crippen MR) is 140 cm³/mol. The molecule has 0 fully saturated rings. The molecule has 0 bridgehead atoms. The molecule has 202 valence electrons. The molecule has 0 amide bonds. The van der Waals surface area contributed by atoms with Crippen molar-refractivity contribution >= 4 is 23.3 Å². The molecule has 5 rings (SSSR count). The highest BCUT2D eigenvalue weighted by molar-refractivity contribution is 6.41. The summed E-state index contributed by atoms with van der Waals surface area (Å²) < 4.78 is 20.2. The van der Waals surface area contributed by atoms with Gasteiger partial charge in [-0.2, -0.15) is 4.80 Å². The quantitative estimate of drug-likeness (QED) is 0.243. The topological polar surface area (TPSA) is 135 Å². The van der Waals surface area contributed by atoms with Gasteiger partial charge in [-0.3, -0.25) is 0 Å². The first-order valence-electron chi connectivity index (χ1n) is 11.9. The van der Waals surface area contributed by atoms with Crippen molar-refractivity contribution in [2.24, 2.45) is 5.16 Å². The average molecular weight is 553 g/mol. The van der Waals surface area contributed by atoms with Crippen LogP contribution in [-0.4, -0.2) is 62.9 Å². The number of nitrogens with zero attached hydrogens (tertiary/aromatic N) is 6. The number of aliphatic carboxylic acids is 1. The molecular weight excluding hydrogens is 528 g/mol. The molecule has 13 heteroatoms. The van der Waals surface area contributed by atoms with Crippen molar-refractivity contribution < 1.29 is 28.9 Å². The Hall–Kier alpha value is -4.42. The highest BCUT2D eigenvalue weighted by atomic mass is 35.5. The minimum atomic E-state index is -1.33. The van der Waals surface area contributed by atoms with E-state index in [1.807, 2.05) is 54.7 Å². The third-order valence-electron chi connectivity index (χ3n) is 6.30. The smallest absolute Gasteiger partial charge is 0.362 e. The van der Waals surface area contributed by atoms with E-state index in [4.69, 9.17) is 25.8 Å². The number of tetrazole rings is 1. The second-order valence-corrected chi connectivity index (χ2v) is 8.96. The van der Waals surface area contributed by atoms with Crippen molar-refractivity contribution in [2.45, 2.75) is 25.2 Å². The zero-order valence-corrected chi connectivity index (χ0v) is 22.1. The van der Waals surface area contributed by atoms with Crippen LogP contribution < -0.4 is 9.47 Å². The lowest BCUT2D eigenvalue weighted by atomic mass is 9.98. The van der Waals surface area contributed by atoms with E-state index in [0.29, 0.717) is 22.9 Å². The lowest BCUT2D eigenvalue weighted by Crippen LogP contribution is -2.17. The van der Waals surface area contributed by atoms with Crippen LogP contribution in [0, 0.1) is 0 Å². The van der Waals surface area contributed by atoms with Crippen LogP contribution in [0.15, 0.2) is 59.9 Å². The third-order valence-corrected chi connectivity index (χ3v) is 6.53. The van der Waals surface area contributed by atoms with Crippen LogP contribution >= 0.6 is 11.6 Å². The summed E-state index contributed by atoms with van der Waals surface area (Å²) in [5.74, 6) is -0.347. The molecule has 1 aliphatic rings. The fourth-order valence-corrected chi connectivity index (χ4v) is 4.83. The Morgan fingerprint density at radius 2 is 1.97 bits per heavy atom. The number of methoxy groups -OCH3 is 2. The summed E-state index contributed by atoms with van der Waals surface area (Å²) in [6, 6.07) is 15.3. The van der Waals surface area contributed by atoms with Crippen LogP contribution in [0.1, 0.15) is 41.3 Å². The summed E-state index contributed by atoms with van der Waals surface area (Å²) in [5.41, 5.74) is 3.02. The fraction of sp³-hybridized carbons (Fsp3) is 0.269. The van der Waals surface area contributed by atoms with Gasteiger partial charge in [-0.25, -0.2) is 4.79 Å². The average Bonchev–Trinajstić information content (AvgIpc) is 3.59. The first kappa shape index (κ1) is 26.2. The molecule has 0 saturated carbocycles. The third kappa shape index (κ3) is 5.03.